The lowest BCUT2D eigenvalue weighted by molar-refractivity contribution is 0.477. The van der Waals surface area contributed by atoms with Crippen LogP contribution >= 0.6 is 47.1 Å². The Kier molecular flexibility index (Phi) is 10.3. The van der Waals surface area contributed by atoms with Crippen LogP contribution in [0.3, 0.4) is 0 Å². The highest BCUT2D eigenvalue weighted by molar-refractivity contribution is 14.0. The second-order valence-electron chi connectivity index (χ2n) is 6.11. The number of thioether (sulfide) groups is 1. The van der Waals surface area contributed by atoms with Gasteiger partial charge in [0.2, 0.25) is 0 Å². The molecule has 1 aromatic carbocycles. The van der Waals surface area contributed by atoms with Gasteiger partial charge >= 0.3 is 0 Å². The number of guanidine groups is 1. The minimum absolute atomic E-state index is 0. The molecule has 0 amide bonds. The minimum atomic E-state index is -3.38. The molecule has 0 bridgehead atoms. The standard InChI is InChI=1S/C18H26N4O2S3.HI/c1-19-18(22(4)13-14-6-8-15(25-5)9-7-14)20-12-16-10-11-17(26-16)27(23,24)21(2)3;/h6-11H,12-13H2,1-5H3,(H,19,20);1H. The first kappa shape index (κ1) is 25.2. The van der Waals surface area contributed by atoms with E-state index in [1.807, 2.05) is 18.0 Å². The lowest BCUT2D eigenvalue weighted by Crippen LogP contribution is -2.37. The summed E-state index contributed by atoms with van der Waals surface area (Å²) < 4.78 is 25.9. The van der Waals surface area contributed by atoms with E-state index in [1.165, 1.54) is 40.2 Å². The predicted molar refractivity (Wildman–Crippen MR) is 130 cm³/mol. The van der Waals surface area contributed by atoms with Gasteiger partial charge in [-0.2, -0.15) is 0 Å². The molecular weight excluding hydrogens is 527 g/mol. The number of sulfonamides is 1. The molecule has 1 N–H and O–H groups in total. The summed E-state index contributed by atoms with van der Waals surface area (Å²) in [6.45, 7) is 1.26. The average molecular weight is 555 g/mol. The maximum Gasteiger partial charge on any atom is 0.252 e. The summed E-state index contributed by atoms with van der Waals surface area (Å²) in [5, 5.41) is 3.30. The van der Waals surface area contributed by atoms with Crippen LogP contribution in [0.4, 0.5) is 0 Å². The monoisotopic (exact) mass is 554 g/mol. The van der Waals surface area contributed by atoms with Crippen molar-refractivity contribution in [1.82, 2.24) is 14.5 Å². The quantitative estimate of drug-likeness (QED) is 0.246. The molecule has 2 aromatic rings. The molecule has 10 heteroatoms. The molecule has 2 rings (SSSR count). The Hall–Kier alpha value is -0.820. The van der Waals surface area contributed by atoms with E-state index in [0.717, 1.165) is 17.4 Å². The van der Waals surface area contributed by atoms with Gasteiger partial charge in [-0.3, -0.25) is 4.99 Å². The Morgan fingerprint density at radius 3 is 2.32 bits per heavy atom. The highest BCUT2D eigenvalue weighted by Gasteiger charge is 2.19. The van der Waals surface area contributed by atoms with Crippen LogP contribution in [0.5, 0.6) is 0 Å². The molecule has 0 aliphatic heterocycles. The topological polar surface area (TPSA) is 65.0 Å². The molecule has 1 heterocycles. The van der Waals surface area contributed by atoms with Gasteiger partial charge < -0.3 is 10.2 Å². The SMILES string of the molecule is CN=C(NCc1ccc(S(=O)(=O)N(C)C)s1)N(C)Cc1ccc(SC)cc1.I. The number of nitrogens with zero attached hydrogens (tertiary/aromatic N) is 3. The van der Waals surface area contributed by atoms with Crippen LogP contribution in [0.15, 0.2) is 50.5 Å². The van der Waals surface area contributed by atoms with E-state index in [4.69, 9.17) is 0 Å². The second-order valence-corrected chi connectivity index (χ2v) is 10.5. The summed E-state index contributed by atoms with van der Waals surface area (Å²) in [7, 11) is 3.42. The second kappa shape index (κ2) is 11.4. The molecule has 0 aliphatic carbocycles. The molecule has 0 saturated carbocycles. The lowest BCUT2D eigenvalue weighted by Gasteiger charge is -2.22. The van der Waals surface area contributed by atoms with E-state index in [1.54, 1.807) is 24.9 Å². The van der Waals surface area contributed by atoms with Gasteiger partial charge in [-0.1, -0.05) is 12.1 Å². The van der Waals surface area contributed by atoms with E-state index in [0.29, 0.717) is 10.8 Å². The summed E-state index contributed by atoms with van der Waals surface area (Å²) in [6.07, 6.45) is 2.06. The van der Waals surface area contributed by atoms with Crippen molar-refractivity contribution >= 4 is 63.1 Å². The number of benzene rings is 1. The summed E-state index contributed by atoms with van der Waals surface area (Å²) in [5.74, 6) is 0.759. The maximum absolute atomic E-state index is 12.2. The van der Waals surface area contributed by atoms with Gasteiger partial charge in [0.1, 0.15) is 4.21 Å². The number of rotatable bonds is 7. The molecule has 0 radical (unpaired) electrons. The summed E-state index contributed by atoms with van der Waals surface area (Å²) in [4.78, 5) is 8.54. The number of nitrogens with one attached hydrogen (secondary N) is 1. The van der Waals surface area contributed by atoms with Crippen LogP contribution in [0.25, 0.3) is 0 Å². The van der Waals surface area contributed by atoms with Crippen molar-refractivity contribution in [3.05, 3.63) is 46.8 Å². The molecule has 156 valence electrons. The van der Waals surface area contributed by atoms with Gasteiger partial charge in [0, 0.05) is 44.5 Å². The summed E-state index contributed by atoms with van der Waals surface area (Å²) >= 11 is 3.00. The van der Waals surface area contributed by atoms with Crippen LogP contribution in [-0.2, 0) is 23.1 Å². The van der Waals surface area contributed by atoms with Crippen LogP contribution in [-0.4, -0.2) is 58.0 Å². The lowest BCUT2D eigenvalue weighted by atomic mass is 10.2. The zero-order chi connectivity index (χ0) is 20.0. The van der Waals surface area contributed by atoms with Crippen molar-refractivity contribution in [1.29, 1.82) is 0 Å². The van der Waals surface area contributed by atoms with E-state index >= 15 is 0 Å². The molecule has 0 aliphatic rings. The van der Waals surface area contributed by atoms with E-state index in [2.05, 4.69) is 40.8 Å². The van der Waals surface area contributed by atoms with Gasteiger partial charge in [-0.25, -0.2) is 12.7 Å². The van der Waals surface area contributed by atoms with E-state index in [-0.39, 0.29) is 24.0 Å². The third kappa shape index (κ3) is 6.61. The Morgan fingerprint density at radius 1 is 1.14 bits per heavy atom. The van der Waals surface area contributed by atoms with Crippen molar-refractivity contribution in [2.45, 2.75) is 22.2 Å². The molecule has 6 nitrogen and oxygen atoms in total. The average Bonchev–Trinajstić information content (AvgIpc) is 3.12. The fourth-order valence-electron chi connectivity index (χ4n) is 2.40. The number of halogens is 1. The van der Waals surface area contributed by atoms with Crippen LogP contribution < -0.4 is 5.32 Å². The molecule has 28 heavy (non-hydrogen) atoms. The normalized spacial score (nSPS) is 12.0. The Bertz CT molecular complexity index is 880. The molecule has 0 unspecified atom stereocenters. The molecular formula is C18H27IN4O2S3. The van der Waals surface area contributed by atoms with Gasteiger partial charge in [0.15, 0.2) is 5.96 Å². The van der Waals surface area contributed by atoms with Crippen LogP contribution in [0.1, 0.15) is 10.4 Å². The van der Waals surface area contributed by atoms with Gasteiger partial charge in [-0.15, -0.1) is 47.1 Å². The zero-order valence-corrected chi connectivity index (χ0v) is 21.4. The number of aliphatic imine (C=N–C) groups is 1. The van der Waals surface area contributed by atoms with Crippen LogP contribution in [0, 0.1) is 0 Å². The molecule has 0 saturated heterocycles. The predicted octanol–water partition coefficient (Wildman–Crippen LogP) is 3.55. The van der Waals surface area contributed by atoms with Crippen molar-refractivity contribution in [2.24, 2.45) is 4.99 Å². The third-order valence-corrected chi connectivity index (χ3v) is 8.06. The third-order valence-electron chi connectivity index (χ3n) is 3.94. The van der Waals surface area contributed by atoms with Crippen LogP contribution in [0.2, 0.25) is 0 Å². The fraction of sp³-hybridized carbons (Fsp3) is 0.389. The number of hydrogen-bond donors (Lipinski definition) is 1. The van der Waals surface area contributed by atoms with Gasteiger partial charge in [-0.05, 0) is 36.1 Å². The van der Waals surface area contributed by atoms with Crippen molar-refractivity contribution in [3.8, 4) is 0 Å². The number of hydrogen-bond acceptors (Lipinski definition) is 5. The van der Waals surface area contributed by atoms with Gasteiger partial charge in [0.05, 0.1) is 6.54 Å². The molecule has 0 atom stereocenters. The Balaban J connectivity index is 0.00000392. The number of thiophene rings is 1. The van der Waals surface area contributed by atoms with Crippen molar-refractivity contribution in [3.63, 3.8) is 0 Å². The zero-order valence-electron chi connectivity index (χ0n) is 16.7. The van der Waals surface area contributed by atoms with E-state index in [9.17, 15) is 8.42 Å². The highest BCUT2D eigenvalue weighted by atomic mass is 127. The van der Waals surface area contributed by atoms with Crippen molar-refractivity contribution < 1.29 is 8.42 Å². The van der Waals surface area contributed by atoms with Crippen molar-refractivity contribution in [2.75, 3.05) is 34.4 Å². The summed E-state index contributed by atoms with van der Waals surface area (Å²) in [5.41, 5.74) is 1.20. The Morgan fingerprint density at radius 2 is 1.79 bits per heavy atom. The fourth-order valence-corrected chi connectivity index (χ4v) is 5.28. The molecule has 0 spiro atoms. The molecule has 1 aromatic heterocycles. The maximum atomic E-state index is 12.2. The first-order chi connectivity index (χ1) is 12.8. The largest absolute Gasteiger partial charge is 0.351 e. The first-order valence-electron chi connectivity index (χ1n) is 8.34. The minimum Gasteiger partial charge on any atom is -0.351 e. The Labute approximate surface area is 193 Å². The van der Waals surface area contributed by atoms with Gasteiger partial charge in [0.25, 0.3) is 10.0 Å². The smallest absolute Gasteiger partial charge is 0.252 e. The summed E-state index contributed by atoms with van der Waals surface area (Å²) in [6, 6.07) is 11.9. The van der Waals surface area contributed by atoms with E-state index < -0.39 is 10.0 Å². The first-order valence-corrected chi connectivity index (χ1v) is 11.8. The molecule has 0 fully saturated rings. The highest BCUT2D eigenvalue weighted by Crippen LogP contribution is 2.23.